The van der Waals surface area contributed by atoms with Gasteiger partial charge in [0, 0.05) is 30.8 Å². The van der Waals surface area contributed by atoms with Crippen molar-refractivity contribution in [3.8, 4) is 5.69 Å². The molecule has 124 valence electrons. The highest BCUT2D eigenvalue weighted by molar-refractivity contribution is 5.44. The Morgan fingerprint density at radius 1 is 1.21 bits per heavy atom. The number of para-hydroxylation sites is 1. The fourth-order valence-electron chi connectivity index (χ4n) is 3.20. The van der Waals surface area contributed by atoms with Crippen molar-refractivity contribution in [3.05, 3.63) is 47.3 Å². The molecule has 1 aromatic carbocycles. The molecule has 1 aliphatic rings. The molecule has 0 amide bonds. The van der Waals surface area contributed by atoms with Gasteiger partial charge in [-0.3, -0.25) is 5.10 Å². The summed E-state index contributed by atoms with van der Waals surface area (Å²) in [5.41, 5.74) is 4.69. The Hall–Kier alpha value is -2.70. The summed E-state index contributed by atoms with van der Waals surface area (Å²) in [5, 5.41) is 20.0. The van der Waals surface area contributed by atoms with Gasteiger partial charge >= 0.3 is 0 Å². The lowest BCUT2D eigenvalue weighted by Crippen LogP contribution is -2.32. The standard InChI is InChI=1S/C17H21N7/c1-12(2)10-16-14-11-23(9-8-15(14)18-19-16)17-20-21-22-24(17)13-6-4-3-5-7-13/h3-7,12H,8-11H2,1-2H3,(H,18,19). The predicted molar refractivity (Wildman–Crippen MR) is 91.0 cm³/mol. The Balaban J connectivity index is 1.64. The molecular weight excluding hydrogens is 302 g/mol. The lowest BCUT2D eigenvalue weighted by molar-refractivity contribution is 0.623. The highest BCUT2D eigenvalue weighted by Crippen LogP contribution is 2.26. The molecule has 4 rings (SSSR count). The molecule has 0 spiro atoms. The van der Waals surface area contributed by atoms with Crippen LogP contribution in [0.1, 0.15) is 30.8 Å². The molecule has 0 atom stereocenters. The summed E-state index contributed by atoms with van der Waals surface area (Å²) >= 11 is 0. The first kappa shape index (κ1) is 14.9. The number of aromatic nitrogens is 6. The highest BCUT2D eigenvalue weighted by Gasteiger charge is 2.25. The second-order valence-electron chi connectivity index (χ2n) is 6.62. The lowest BCUT2D eigenvalue weighted by atomic mass is 10.00. The van der Waals surface area contributed by atoms with E-state index in [1.54, 1.807) is 4.68 Å². The molecule has 24 heavy (non-hydrogen) atoms. The molecule has 0 fully saturated rings. The van der Waals surface area contributed by atoms with Gasteiger partial charge in [0.1, 0.15) is 0 Å². The molecule has 0 aliphatic carbocycles. The summed E-state index contributed by atoms with van der Waals surface area (Å²) in [7, 11) is 0. The van der Waals surface area contributed by atoms with E-state index in [4.69, 9.17) is 0 Å². The van der Waals surface area contributed by atoms with Crippen LogP contribution in [0, 0.1) is 5.92 Å². The third-order valence-electron chi connectivity index (χ3n) is 4.36. The number of benzene rings is 1. The van der Waals surface area contributed by atoms with Crippen LogP contribution in [0.15, 0.2) is 30.3 Å². The molecule has 1 aliphatic heterocycles. The van der Waals surface area contributed by atoms with Crippen LogP contribution in [0.2, 0.25) is 0 Å². The monoisotopic (exact) mass is 323 g/mol. The zero-order valence-electron chi connectivity index (χ0n) is 14.0. The normalized spacial score (nSPS) is 14.2. The number of tetrazole rings is 1. The summed E-state index contributed by atoms with van der Waals surface area (Å²) in [5.74, 6) is 1.37. The zero-order chi connectivity index (χ0) is 16.5. The van der Waals surface area contributed by atoms with Crippen LogP contribution in [-0.2, 0) is 19.4 Å². The SMILES string of the molecule is CC(C)Cc1n[nH]c2c1CN(c1nnnn1-c1ccccc1)CC2. The number of anilines is 1. The largest absolute Gasteiger partial charge is 0.335 e. The predicted octanol–water partition coefficient (Wildman–Crippen LogP) is 2.15. The van der Waals surface area contributed by atoms with Gasteiger partial charge < -0.3 is 4.90 Å². The van der Waals surface area contributed by atoms with Crippen LogP contribution in [0.3, 0.4) is 0 Å². The zero-order valence-corrected chi connectivity index (χ0v) is 14.0. The van der Waals surface area contributed by atoms with E-state index in [2.05, 4.69) is 44.5 Å². The second-order valence-corrected chi connectivity index (χ2v) is 6.62. The number of nitrogens with zero attached hydrogens (tertiary/aromatic N) is 6. The average molecular weight is 323 g/mol. The van der Waals surface area contributed by atoms with Crippen molar-refractivity contribution in [1.82, 2.24) is 30.4 Å². The number of aromatic amines is 1. The number of nitrogens with one attached hydrogen (secondary N) is 1. The third-order valence-corrected chi connectivity index (χ3v) is 4.36. The Morgan fingerprint density at radius 3 is 2.83 bits per heavy atom. The van der Waals surface area contributed by atoms with E-state index < -0.39 is 0 Å². The molecular formula is C17H21N7. The van der Waals surface area contributed by atoms with Gasteiger partial charge in [-0.25, -0.2) is 0 Å². The maximum Gasteiger partial charge on any atom is 0.250 e. The van der Waals surface area contributed by atoms with Crippen LogP contribution < -0.4 is 4.90 Å². The Labute approximate surface area is 140 Å². The van der Waals surface area contributed by atoms with Gasteiger partial charge in [0.2, 0.25) is 0 Å². The van der Waals surface area contributed by atoms with Crippen molar-refractivity contribution in [1.29, 1.82) is 0 Å². The number of hydrogen-bond donors (Lipinski definition) is 1. The number of fused-ring (bicyclic) bond motifs is 1. The van der Waals surface area contributed by atoms with Gasteiger partial charge in [0.25, 0.3) is 5.95 Å². The average Bonchev–Trinajstić information content (AvgIpc) is 3.22. The maximum absolute atomic E-state index is 4.52. The number of hydrogen-bond acceptors (Lipinski definition) is 5. The van der Waals surface area contributed by atoms with Gasteiger partial charge in [0.15, 0.2) is 0 Å². The molecule has 0 unspecified atom stereocenters. The van der Waals surface area contributed by atoms with E-state index >= 15 is 0 Å². The molecule has 0 bridgehead atoms. The number of rotatable bonds is 4. The Kier molecular flexibility index (Phi) is 3.76. The highest BCUT2D eigenvalue weighted by atomic mass is 15.6. The topological polar surface area (TPSA) is 75.5 Å². The molecule has 3 aromatic rings. The smallest absolute Gasteiger partial charge is 0.250 e. The first-order chi connectivity index (χ1) is 11.7. The van der Waals surface area contributed by atoms with E-state index in [1.165, 1.54) is 17.0 Å². The molecule has 0 saturated carbocycles. The quantitative estimate of drug-likeness (QED) is 0.796. The van der Waals surface area contributed by atoms with Gasteiger partial charge in [-0.05, 0) is 34.9 Å². The van der Waals surface area contributed by atoms with E-state index in [1.807, 2.05) is 30.3 Å². The summed E-state index contributed by atoms with van der Waals surface area (Å²) < 4.78 is 1.80. The lowest BCUT2D eigenvalue weighted by Gasteiger charge is -2.27. The van der Waals surface area contributed by atoms with Gasteiger partial charge in [-0.1, -0.05) is 37.1 Å². The molecule has 0 radical (unpaired) electrons. The van der Waals surface area contributed by atoms with Crippen molar-refractivity contribution >= 4 is 5.95 Å². The van der Waals surface area contributed by atoms with E-state index in [0.29, 0.717) is 5.92 Å². The maximum atomic E-state index is 4.52. The molecule has 7 heteroatoms. The fourth-order valence-corrected chi connectivity index (χ4v) is 3.20. The summed E-state index contributed by atoms with van der Waals surface area (Å²) in [4.78, 5) is 2.23. The van der Waals surface area contributed by atoms with Crippen LogP contribution in [0.4, 0.5) is 5.95 Å². The second kappa shape index (κ2) is 6.07. The van der Waals surface area contributed by atoms with Gasteiger partial charge in [0.05, 0.1) is 11.4 Å². The minimum Gasteiger partial charge on any atom is -0.335 e. The van der Waals surface area contributed by atoms with E-state index in [-0.39, 0.29) is 0 Å². The molecule has 7 nitrogen and oxygen atoms in total. The van der Waals surface area contributed by atoms with Crippen LogP contribution in [0.5, 0.6) is 0 Å². The molecule has 0 saturated heterocycles. The first-order valence-electron chi connectivity index (χ1n) is 8.36. The van der Waals surface area contributed by atoms with Crippen molar-refractivity contribution in [2.75, 3.05) is 11.4 Å². The van der Waals surface area contributed by atoms with E-state index in [9.17, 15) is 0 Å². The molecule has 2 aromatic heterocycles. The summed E-state index contributed by atoms with van der Waals surface area (Å²) in [6.07, 6.45) is 1.92. The molecule has 1 N–H and O–H groups in total. The fraction of sp³-hybridized carbons (Fsp3) is 0.412. The summed E-state index contributed by atoms with van der Waals surface area (Å²) in [6.45, 7) is 6.11. The first-order valence-corrected chi connectivity index (χ1v) is 8.36. The van der Waals surface area contributed by atoms with Gasteiger partial charge in [-0.15, -0.1) is 0 Å². The van der Waals surface area contributed by atoms with Crippen LogP contribution in [0.25, 0.3) is 5.69 Å². The van der Waals surface area contributed by atoms with Gasteiger partial charge in [-0.2, -0.15) is 9.78 Å². The van der Waals surface area contributed by atoms with Crippen molar-refractivity contribution in [2.45, 2.75) is 33.2 Å². The molecule has 3 heterocycles. The third kappa shape index (κ3) is 2.66. The van der Waals surface area contributed by atoms with Crippen molar-refractivity contribution in [2.24, 2.45) is 5.92 Å². The van der Waals surface area contributed by atoms with Crippen molar-refractivity contribution in [3.63, 3.8) is 0 Å². The van der Waals surface area contributed by atoms with Crippen LogP contribution >= 0.6 is 0 Å². The van der Waals surface area contributed by atoms with E-state index in [0.717, 1.165) is 37.6 Å². The summed E-state index contributed by atoms with van der Waals surface area (Å²) in [6, 6.07) is 10.00. The minimum absolute atomic E-state index is 0.586. The van der Waals surface area contributed by atoms with Crippen molar-refractivity contribution < 1.29 is 0 Å². The Morgan fingerprint density at radius 2 is 2.04 bits per heavy atom. The Bertz CT molecular complexity index is 819. The minimum atomic E-state index is 0.586. The number of H-pyrrole nitrogens is 1. The van der Waals surface area contributed by atoms with Crippen LogP contribution in [-0.4, -0.2) is 36.9 Å².